The first-order chi connectivity index (χ1) is 4.61. The monoisotopic (exact) mass is 160 g/mol. The van der Waals surface area contributed by atoms with Gasteiger partial charge in [-0.25, -0.2) is 0 Å². The molecule has 1 aromatic rings. The van der Waals surface area contributed by atoms with Crippen molar-refractivity contribution in [2.45, 2.75) is 27.7 Å². The van der Waals surface area contributed by atoms with E-state index in [1.54, 1.807) is 0 Å². The molecule has 58 valence electrons. The normalized spacial score (nSPS) is 9.09. The molecule has 0 amide bonds. The number of aryl methyl sites for hydroxylation is 3. The van der Waals surface area contributed by atoms with E-state index in [9.17, 15) is 0 Å². The van der Waals surface area contributed by atoms with Crippen molar-refractivity contribution in [1.82, 2.24) is 0 Å². The van der Waals surface area contributed by atoms with Crippen LogP contribution in [0.2, 0.25) is 0 Å². The van der Waals surface area contributed by atoms with Gasteiger partial charge >= 0.3 is 23.1 Å². The second-order valence-corrected chi connectivity index (χ2v) is 3.02. The van der Waals surface area contributed by atoms with Crippen LogP contribution < -0.4 is 0 Å². The molecule has 0 bridgehead atoms. The van der Waals surface area contributed by atoms with Crippen molar-refractivity contribution in [1.29, 1.82) is 0 Å². The van der Waals surface area contributed by atoms with Crippen LogP contribution in [0, 0.1) is 27.7 Å². The third-order valence-electron chi connectivity index (χ3n) is 2.07. The van der Waals surface area contributed by atoms with Crippen molar-refractivity contribution in [3.05, 3.63) is 34.4 Å². The van der Waals surface area contributed by atoms with Crippen LogP contribution >= 0.6 is 0 Å². The Morgan fingerprint density at radius 2 is 1.27 bits per heavy atom. The first kappa shape index (κ1) is 11.0. The zero-order valence-corrected chi connectivity index (χ0v) is 9.28. The molecule has 0 nitrogen and oxygen atoms in total. The molecule has 0 radical (unpaired) electrons. The number of benzene rings is 1. The third kappa shape index (κ3) is 2.49. The van der Waals surface area contributed by atoms with Crippen LogP contribution in [0.25, 0.3) is 0 Å². The molecule has 0 atom stereocenters. The molecule has 0 aliphatic rings. The molecule has 0 unspecified atom stereocenters. The average molecular weight is 161 g/mol. The van der Waals surface area contributed by atoms with Gasteiger partial charge in [-0.1, -0.05) is 17.7 Å². The maximum absolute atomic E-state index is 2.22. The molecule has 0 aromatic heterocycles. The third-order valence-corrected chi connectivity index (χ3v) is 2.07. The van der Waals surface area contributed by atoms with Crippen molar-refractivity contribution in [2.75, 3.05) is 0 Å². The first-order valence-electron chi connectivity index (χ1n) is 3.65. The first-order valence-corrected chi connectivity index (χ1v) is 3.65. The SMILES string of the molecule is Cc1cc(C)c(C)c(C)c1.[H-].[H-].[Mg+2]. The Kier molecular flexibility index (Phi) is 4.12. The van der Waals surface area contributed by atoms with Crippen LogP contribution in [0.3, 0.4) is 0 Å². The quantitative estimate of drug-likeness (QED) is 0.512. The molecule has 0 saturated heterocycles. The van der Waals surface area contributed by atoms with E-state index in [0.717, 1.165) is 0 Å². The molecule has 0 aliphatic heterocycles. The molecule has 0 aliphatic carbocycles. The van der Waals surface area contributed by atoms with Crippen LogP contribution in [0.15, 0.2) is 12.1 Å². The Morgan fingerprint density at radius 3 is 1.64 bits per heavy atom. The van der Waals surface area contributed by atoms with Crippen LogP contribution in [0.5, 0.6) is 0 Å². The van der Waals surface area contributed by atoms with E-state index in [0.29, 0.717) is 0 Å². The molecule has 1 aromatic carbocycles. The van der Waals surface area contributed by atoms with Crippen molar-refractivity contribution < 1.29 is 2.85 Å². The molecule has 0 spiro atoms. The zero-order chi connectivity index (χ0) is 7.72. The summed E-state index contributed by atoms with van der Waals surface area (Å²) in [4.78, 5) is 0. The standard InChI is InChI=1S/C10H14.Mg.2H/c1-7-5-8(2)10(4)9(3)6-7;;;/h5-6H,1-4H3;;;/q;+2;2*-1. The number of hydrogen-bond donors (Lipinski definition) is 0. The van der Waals surface area contributed by atoms with E-state index in [1.165, 1.54) is 22.3 Å². The summed E-state index contributed by atoms with van der Waals surface area (Å²) in [6, 6.07) is 4.45. The van der Waals surface area contributed by atoms with Crippen LogP contribution in [-0.2, 0) is 0 Å². The predicted molar refractivity (Wildman–Crippen MR) is 53.4 cm³/mol. The molecule has 0 fully saturated rings. The topological polar surface area (TPSA) is 0 Å². The Hall–Kier alpha value is -0.0138. The zero-order valence-electron chi connectivity index (χ0n) is 9.86. The Balaban J connectivity index is -0.000000333. The summed E-state index contributed by atoms with van der Waals surface area (Å²) >= 11 is 0. The van der Waals surface area contributed by atoms with Gasteiger partial charge in [0.25, 0.3) is 0 Å². The summed E-state index contributed by atoms with van der Waals surface area (Å²) < 4.78 is 0. The predicted octanol–water partition coefficient (Wildman–Crippen LogP) is 2.76. The van der Waals surface area contributed by atoms with Crippen LogP contribution in [-0.4, -0.2) is 23.1 Å². The van der Waals surface area contributed by atoms with Crippen LogP contribution in [0.4, 0.5) is 0 Å². The van der Waals surface area contributed by atoms with Crippen LogP contribution in [0.1, 0.15) is 25.1 Å². The molecule has 0 N–H and O–H groups in total. The fourth-order valence-corrected chi connectivity index (χ4v) is 1.25. The maximum atomic E-state index is 2.22. The van der Waals surface area contributed by atoms with E-state index < -0.39 is 0 Å². The van der Waals surface area contributed by atoms with Gasteiger partial charge in [-0.2, -0.15) is 0 Å². The van der Waals surface area contributed by atoms with Crippen molar-refractivity contribution in [2.24, 2.45) is 0 Å². The van der Waals surface area contributed by atoms with Gasteiger partial charge in [0.05, 0.1) is 0 Å². The summed E-state index contributed by atoms with van der Waals surface area (Å²) in [6.07, 6.45) is 0. The molecule has 1 rings (SSSR count). The summed E-state index contributed by atoms with van der Waals surface area (Å²) in [5.74, 6) is 0. The minimum absolute atomic E-state index is 0. The average Bonchev–Trinajstić information content (AvgIpc) is 1.82. The molecule has 11 heavy (non-hydrogen) atoms. The minimum atomic E-state index is 0. The van der Waals surface area contributed by atoms with E-state index in [1.807, 2.05) is 0 Å². The smallest absolute Gasteiger partial charge is 1.00 e. The fraction of sp³-hybridized carbons (Fsp3) is 0.400. The van der Waals surface area contributed by atoms with Gasteiger partial charge in [-0.05, 0) is 44.4 Å². The van der Waals surface area contributed by atoms with Gasteiger partial charge < -0.3 is 2.85 Å². The summed E-state index contributed by atoms with van der Waals surface area (Å²) in [6.45, 7) is 8.63. The summed E-state index contributed by atoms with van der Waals surface area (Å²) in [5, 5.41) is 0. The number of hydrogen-bond acceptors (Lipinski definition) is 0. The maximum Gasteiger partial charge on any atom is 2.00 e. The van der Waals surface area contributed by atoms with Crippen molar-refractivity contribution in [3.63, 3.8) is 0 Å². The van der Waals surface area contributed by atoms with E-state index in [2.05, 4.69) is 39.8 Å². The second kappa shape index (κ2) is 4.12. The number of rotatable bonds is 0. The van der Waals surface area contributed by atoms with E-state index >= 15 is 0 Å². The molecular formula is C10H16Mg. The molecule has 1 heteroatoms. The summed E-state index contributed by atoms with van der Waals surface area (Å²) in [7, 11) is 0. The van der Waals surface area contributed by atoms with Gasteiger partial charge in [0, 0.05) is 0 Å². The van der Waals surface area contributed by atoms with Gasteiger partial charge in [0.15, 0.2) is 0 Å². The van der Waals surface area contributed by atoms with Gasteiger partial charge in [-0.3, -0.25) is 0 Å². The van der Waals surface area contributed by atoms with Crippen molar-refractivity contribution >= 4 is 23.1 Å². The largest absolute Gasteiger partial charge is 2.00 e. The Morgan fingerprint density at radius 1 is 0.909 bits per heavy atom. The minimum Gasteiger partial charge on any atom is -1.00 e. The molecule has 0 heterocycles. The van der Waals surface area contributed by atoms with E-state index in [-0.39, 0.29) is 25.9 Å². The van der Waals surface area contributed by atoms with Gasteiger partial charge in [0.1, 0.15) is 0 Å². The van der Waals surface area contributed by atoms with Crippen molar-refractivity contribution in [3.8, 4) is 0 Å². The molecule has 0 saturated carbocycles. The van der Waals surface area contributed by atoms with E-state index in [4.69, 9.17) is 0 Å². The molecular weight excluding hydrogens is 144 g/mol. The van der Waals surface area contributed by atoms with Gasteiger partial charge in [-0.15, -0.1) is 0 Å². The fourth-order valence-electron chi connectivity index (χ4n) is 1.25. The van der Waals surface area contributed by atoms with Gasteiger partial charge in [0.2, 0.25) is 0 Å². The second-order valence-electron chi connectivity index (χ2n) is 3.02. The Labute approximate surface area is 88.1 Å². The summed E-state index contributed by atoms with van der Waals surface area (Å²) in [5.41, 5.74) is 5.58. The Bertz CT molecular complexity index is 236.